The highest BCUT2D eigenvalue weighted by Gasteiger charge is 2.26. The number of hydrogen-bond donors (Lipinski definition) is 2. The van der Waals surface area contributed by atoms with E-state index in [2.05, 4.69) is 4.90 Å². The SMILES string of the molecule is Nc1cc(Cl)c(F)cc1N1CCCC1CCCO. The monoisotopic (exact) mass is 272 g/mol. The van der Waals surface area contributed by atoms with E-state index in [0.29, 0.717) is 11.7 Å². The van der Waals surface area contributed by atoms with Crippen molar-refractivity contribution in [2.75, 3.05) is 23.8 Å². The Morgan fingerprint density at radius 2 is 2.28 bits per heavy atom. The van der Waals surface area contributed by atoms with Crippen LogP contribution in [0, 0.1) is 5.82 Å². The quantitative estimate of drug-likeness (QED) is 0.829. The zero-order chi connectivity index (χ0) is 13.1. The van der Waals surface area contributed by atoms with Gasteiger partial charge in [-0.1, -0.05) is 11.6 Å². The molecular formula is C13H18ClFN2O. The van der Waals surface area contributed by atoms with Gasteiger partial charge in [-0.2, -0.15) is 0 Å². The van der Waals surface area contributed by atoms with Crippen LogP contribution in [0.1, 0.15) is 25.7 Å². The highest BCUT2D eigenvalue weighted by molar-refractivity contribution is 6.31. The van der Waals surface area contributed by atoms with Crippen LogP contribution in [0.3, 0.4) is 0 Å². The molecule has 5 heteroatoms. The number of nitrogens with zero attached hydrogens (tertiary/aromatic N) is 1. The van der Waals surface area contributed by atoms with Crippen LogP contribution >= 0.6 is 11.6 Å². The Morgan fingerprint density at radius 3 is 3.00 bits per heavy atom. The summed E-state index contributed by atoms with van der Waals surface area (Å²) in [7, 11) is 0. The third-order valence-electron chi connectivity index (χ3n) is 3.45. The highest BCUT2D eigenvalue weighted by atomic mass is 35.5. The maximum Gasteiger partial charge on any atom is 0.144 e. The van der Waals surface area contributed by atoms with Crippen molar-refractivity contribution in [2.45, 2.75) is 31.7 Å². The minimum atomic E-state index is -0.436. The Hall–Kier alpha value is -1.00. The molecule has 0 bridgehead atoms. The number of anilines is 2. The van der Waals surface area contributed by atoms with Gasteiger partial charge in [-0.05, 0) is 31.7 Å². The number of benzene rings is 1. The second kappa shape index (κ2) is 5.76. The van der Waals surface area contributed by atoms with Crippen LogP contribution in [0.4, 0.5) is 15.8 Å². The fraction of sp³-hybridized carbons (Fsp3) is 0.538. The van der Waals surface area contributed by atoms with Crippen molar-refractivity contribution in [1.82, 2.24) is 0 Å². The Morgan fingerprint density at radius 1 is 1.50 bits per heavy atom. The Bertz CT molecular complexity index is 428. The van der Waals surface area contributed by atoms with Gasteiger partial charge in [0, 0.05) is 25.3 Å². The smallest absolute Gasteiger partial charge is 0.144 e. The van der Waals surface area contributed by atoms with Gasteiger partial charge in [0.05, 0.1) is 16.4 Å². The van der Waals surface area contributed by atoms with Gasteiger partial charge in [-0.3, -0.25) is 0 Å². The van der Waals surface area contributed by atoms with E-state index < -0.39 is 5.82 Å². The van der Waals surface area contributed by atoms with Gasteiger partial charge in [0.25, 0.3) is 0 Å². The van der Waals surface area contributed by atoms with Crippen LogP contribution < -0.4 is 10.6 Å². The van der Waals surface area contributed by atoms with Crippen molar-refractivity contribution >= 4 is 23.0 Å². The van der Waals surface area contributed by atoms with Gasteiger partial charge >= 0.3 is 0 Å². The summed E-state index contributed by atoms with van der Waals surface area (Å²) in [6.45, 7) is 1.07. The molecule has 1 saturated heterocycles. The van der Waals surface area contributed by atoms with E-state index in [1.54, 1.807) is 0 Å². The topological polar surface area (TPSA) is 49.5 Å². The summed E-state index contributed by atoms with van der Waals surface area (Å²) in [6, 6.07) is 3.21. The summed E-state index contributed by atoms with van der Waals surface area (Å²) in [4.78, 5) is 2.13. The summed E-state index contributed by atoms with van der Waals surface area (Å²) in [5.41, 5.74) is 7.15. The Labute approximate surface area is 111 Å². The molecule has 1 aromatic carbocycles. The van der Waals surface area contributed by atoms with Crippen LogP contribution in [-0.2, 0) is 0 Å². The van der Waals surface area contributed by atoms with Crippen molar-refractivity contribution in [3.63, 3.8) is 0 Å². The van der Waals surface area contributed by atoms with Crippen LogP contribution in [0.25, 0.3) is 0 Å². The molecule has 1 aliphatic heterocycles. The molecule has 0 saturated carbocycles. The second-order valence-electron chi connectivity index (χ2n) is 4.68. The number of rotatable bonds is 4. The predicted molar refractivity (Wildman–Crippen MR) is 72.5 cm³/mol. The first kappa shape index (κ1) is 13.4. The Kier molecular flexibility index (Phi) is 4.30. The third kappa shape index (κ3) is 2.70. The molecule has 2 rings (SSSR count). The zero-order valence-corrected chi connectivity index (χ0v) is 11.0. The molecule has 100 valence electrons. The molecule has 0 aromatic heterocycles. The number of nitrogens with two attached hydrogens (primary N) is 1. The molecule has 3 N–H and O–H groups in total. The Balaban J connectivity index is 2.21. The molecule has 1 aliphatic rings. The lowest BCUT2D eigenvalue weighted by molar-refractivity contribution is 0.279. The minimum Gasteiger partial charge on any atom is -0.397 e. The molecule has 1 aromatic rings. The number of aliphatic hydroxyl groups excluding tert-OH is 1. The van der Waals surface area contributed by atoms with Gasteiger partial charge in [0.15, 0.2) is 0 Å². The molecule has 0 spiro atoms. The lowest BCUT2D eigenvalue weighted by atomic mass is 10.1. The number of aliphatic hydroxyl groups is 1. The average Bonchev–Trinajstić information content (AvgIpc) is 2.79. The lowest BCUT2D eigenvalue weighted by Gasteiger charge is -2.28. The number of nitrogen functional groups attached to an aromatic ring is 1. The molecule has 18 heavy (non-hydrogen) atoms. The van der Waals surface area contributed by atoms with E-state index in [4.69, 9.17) is 22.4 Å². The maximum absolute atomic E-state index is 13.5. The van der Waals surface area contributed by atoms with Crippen molar-refractivity contribution in [1.29, 1.82) is 0 Å². The fourth-order valence-electron chi connectivity index (χ4n) is 2.58. The molecule has 1 heterocycles. The van der Waals surface area contributed by atoms with E-state index in [0.717, 1.165) is 37.9 Å². The third-order valence-corrected chi connectivity index (χ3v) is 3.74. The van der Waals surface area contributed by atoms with Crippen molar-refractivity contribution in [3.8, 4) is 0 Å². The van der Waals surface area contributed by atoms with E-state index in [-0.39, 0.29) is 11.6 Å². The van der Waals surface area contributed by atoms with E-state index in [1.165, 1.54) is 12.1 Å². The van der Waals surface area contributed by atoms with Gasteiger partial charge in [-0.25, -0.2) is 4.39 Å². The number of halogens is 2. The molecule has 3 nitrogen and oxygen atoms in total. The highest BCUT2D eigenvalue weighted by Crippen LogP contribution is 2.35. The summed E-state index contributed by atoms with van der Waals surface area (Å²) >= 11 is 5.71. The van der Waals surface area contributed by atoms with Crippen LogP contribution in [0.5, 0.6) is 0 Å². The predicted octanol–water partition coefficient (Wildman–Crippen LogP) is 2.80. The van der Waals surface area contributed by atoms with Crippen LogP contribution in [0.2, 0.25) is 5.02 Å². The summed E-state index contributed by atoms with van der Waals surface area (Å²) in [5, 5.41) is 8.96. The second-order valence-corrected chi connectivity index (χ2v) is 5.09. The lowest BCUT2D eigenvalue weighted by Crippen LogP contribution is -2.30. The molecular weight excluding hydrogens is 255 g/mol. The van der Waals surface area contributed by atoms with Crippen molar-refractivity contribution in [3.05, 3.63) is 23.0 Å². The summed E-state index contributed by atoms with van der Waals surface area (Å²) in [5.74, 6) is -0.436. The first-order valence-electron chi connectivity index (χ1n) is 6.25. The van der Waals surface area contributed by atoms with E-state index in [1.807, 2.05) is 0 Å². The van der Waals surface area contributed by atoms with E-state index in [9.17, 15) is 4.39 Å². The van der Waals surface area contributed by atoms with Crippen LogP contribution in [-0.4, -0.2) is 24.3 Å². The van der Waals surface area contributed by atoms with E-state index >= 15 is 0 Å². The molecule has 1 unspecified atom stereocenters. The molecule has 0 amide bonds. The van der Waals surface area contributed by atoms with Gasteiger partial charge in [0.1, 0.15) is 5.82 Å². The number of hydrogen-bond acceptors (Lipinski definition) is 3. The largest absolute Gasteiger partial charge is 0.397 e. The maximum atomic E-state index is 13.5. The van der Waals surface area contributed by atoms with Gasteiger partial charge in [-0.15, -0.1) is 0 Å². The first-order valence-corrected chi connectivity index (χ1v) is 6.63. The summed E-state index contributed by atoms with van der Waals surface area (Å²) in [6.07, 6.45) is 3.79. The standard InChI is InChI=1S/C13H18ClFN2O/c14-10-7-12(16)13(8-11(10)15)17-5-1-3-9(17)4-2-6-18/h7-9,18H,1-6,16H2. The average molecular weight is 273 g/mol. The molecule has 0 aliphatic carbocycles. The van der Waals surface area contributed by atoms with Crippen LogP contribution in [0.15, 0.2) is 12.1 Å². The molecule has 0 radical (unpaired) electrons. The minimum absolute atomic E-state index is 0.0577. The normalized spacial score (nSPS) is 19.5. The van der Waals surface area contributed by atoms with Crippen molar-refractivity contribution < 1.29 is 9.50 Å². The zero-order valence-electron chi connectivity index (χ0n) is 10.2. The fourth-order valence-corrected chi connectivity index (χ4v) is 2.75. The summed E-state index contributed by atoms with van der Waals surface area (Å²) < 4.78 is 13.5. The molecule has 1 fully saturated rings. The van der Waals surface area contributed by atoms with Gasteiger partial charge < -0.3 is 15.7 Å². The molecule has 1 atom stereocenters. The van der Waals surface area contributed by atoms with Crippen molar-refractivity contribution in [2.24, 2.45) is 0 Å². The first-order chi connectivity index (χ1) is 8.63. The van der Waals surface area contributed by atoms with Gasteiger partial charge in [0.2, 0.25) is 0 Å².